The van der Waals surface area contributed by atoms with Crippen LogP contribution in [0.15, 0.2) is 22.7 Å². The zero-order valence-electron chi connectivity index (χ0n) is 11.8. The second kappa shape index (κ2) is 5.28. The van der Waals surface area contributed by atoms with E-state index in [9.17, 15) is 9.90 Å². The van der Waals surface area contributed by atoms with Crippen molar-refractivity contribution in [3.63, 3.8) is 0 Å². The number of halogens is 1. The summed E-state index contributed by atoms with van der Waals surface area (Å²) >= 11 is 5.09. The van der Waals surface area contributed by atoms with Gasteiger partial charge in [0.2, 0.25) is 0 Å². The summed E-state index contributed by atoms with van der Waals surface area (Å²) in [5.74, 6) is 0.128. The van der Waals surface area contributed by atoms with E-state index in [1.165, 1.54) is 16.9 Å². The minimum Gasteiger partial charge on any atom is -0.508 e. The van der Waals surface area contributed by atoms with Crippen molar-refractivity contribution in [3.8, 4) is 5.75 Å². The van der Waals surface area contributed by atoms with Gasteiger partial charge in [-0.25, -0.2) is 0 Å². The number of nitrogens with one attached hydrogen (secondary N) is 2. The summed E-state index contributed by atoms with van der Waals surface area (Å²) < 4.78 is 0.868. The van der Waals surface area contributed by atoms with E-state index in [-0.39, 0.29) is 11.7 Å². The van der Waals surface area contributed by atoms with Crippen molar-refractivity contribution in [1.29, 1.82) is 0 Å². The Morgan fingerprint density at radius 3 is 2.91 bits per heavy atom. The van der Waals surface area contributed by atoms with Crippen molar-refractivity contribution in [2.75, 3.05) is 5.32 Å². The standard InChI is InChI=1S/C16H15BrN2O2S/c17-8-5-6-11(20)10(7-8)14-18-15(21)13-9-3-1-2-4-12(9)22-16(13)19-14/h5-7,14,19-20H,1-4H2,(H,18,21)/t14-/m0/s1. The highest BCUT2D eigenvalue weighted by molar-refractivity contribution is 9.10. The second-order valence-electron chi connectivity index (χ2n) is 5.67. The number of fused-ring (bicyclic) bond motifs is 3. The summed E-state index contributed by atoms with van der Waals surface area (Å²) in [6.07, 6.45) is 4.00. The maximum Gasteiger partial charge on any atom is 0.256 e. The Morgan fingerprint density at radius 1 is 1.23 bits per heavy atom. The Balaban J connectivity index is 1.74. The third kappa shape index (κ3) is 2.21. The molecule has 0 saturated heterocycles. The molecule has 2 aromatic rings. The largest absolute Gasteiger partial charge is 0.508 e. The number of carbonyl (C=O) groups is 1. The molecule has 1 atom stereocenters. The first-order valence-corrected chi connectivity index (χ1v) is 8.95. The SMILES string of the molecule is O=C1N[C@H](c2cc(Br)ccc2O)Nc2sc3c(c21)CCCC3. The summed E-state index contributed by atoms with van der Waals surface area (Å²) in [6, 6.07) is 5.23. The van der Waals surface area contributed by atoms with E-state index in [1.807, 2.05) is 6.07 Å². The van der Waals surface area contributed by atoms with Crippen molar-refractivity contribution < 1.29 is 9.90 Å². The van der Waals surface area contributed by atoms with Gasteiger partial charge < -0.3 is 15.7 Å². The van der Waals surface area contributed by atoms with Gasteiger partial charge in [-0.15, -0.1) is 11.3 Å². The van der Waals surface area contributed by atoms with E-state index < -0.39 is 6.17 Å². The van der Waals surface area contributed by atoms with Gasteiger partial charge in [-0.2, -0.15) is 0 Å². The number of phenols is 1. The molecule has 0 bridgehead atoms. The van der Waals surface area contributed by atoms with Crippen LogP contribution >= 0.6 is 27.3 Å². The van der Waals surface area contributed by atoms with Gasteiger partial charge >= 0.3 is 0 Å². The fourth-order valence-corrected chi connectivity index (χ4v) is 4.88. The smallest absolute Gasteiger partial charge is 0.256 e. The van der Waals surface area contributed by atoms with E-state index in [4.69, 9.17) is 0 Å². The van der Waals surface area contributed by atoms with Crippen LogP contribution in [0, 0.1) is 0 Å². The quantitative estimate of drug-likeness (QED) is 0.703. The molecule has 1 amide bonds. The lowest BCUT2D eigenvalue weighted by Crippen LogP contribution is -2.38. The van der Waals surface area contributed by atoms with Gasteiger partial charge in [0, 0.05) is 14.9 Å². The van der Waals surface area contributed by atoms with Gasteiger partial charge in [0.1, 0.15) is 16.9 Å². The second-order valence-corrected chi connectivity index (χ2v) is 7.69. The van der Waals surface area contributed by atoms with Crippen LogP contribution in [0.5, 0.6) is 5.75 Å². The van der Waals surface area contributed by atoms with Crippen molar-refractivity contribution >= 4 is 38.2 Å². The van der Waals surface area contributed by atoms with Gasteiger partial charge in [-0.05, 0) is 49.4 Å². The molecule has 114 valence electrons. The number of thiophene rings is 1. The highest BCUT2D eigenvalue weighted by Gasteiger charge is 2.32. The molecular weight excluding hydrogens is 364 g/mol. The minimum absolute atomic E-state index is 0.0440. The van der Waals surface area contributed by atoms with Crippen LogP contribution in [-0.4, -0.2) is 11.0 Å². The van der Waals surface area contributed by atoms with E-state index in [1.54, 1.807) is 23.5 Å². The molecule has 4 rings (SSSR count). The number of carbonyl (C=O) groups excluding carboxylic acids is 1. The van der Waals surface area contributed by atoms with Crippen LogP contribution in [0.25, 0.3) is 0 Å². The number of benzene rings is 1. The summed E-state index contributed by atoms with van der Waals surface area (Å²) in [6.45, 7) is 0. The molecule has 2 aliphatic rings. The molecule has 1 aliphatic heterocycles. The van der Waals surface area contributed by atoms with Gasteiger partial charge in [-0.1, -0.05) is 15.9 Å². The molecule has 4 nitrogen and oxygen atoms in total. The number of aryl methyl sites for hydroxylation is 1. The average molecular weight is 379 g/mol. The summed E-state index contributed by atoms with van der Waals surface area (Å²) in [5.41, 5.74) is 2.69. The Morgan fingerprint density at radius 2 is 2.05 bits per heavy atom. The minimum atomic E-state index is -0.405. The van der Waals surface area contributed by atoms with Crippen molar-refractivity contribution in [3.05, 3.63) is 44.2 Å². The lowest BCUT2D eigenvalue weighted by molar-refractivity contribution is 0.0935. The molecule has 0 unspecified atom stereocenters. The summed E-state index contributed by atoms with van der Waals surface area (Å²) in [5, 5.41) is 17.3. The third-order valence-electron chi connectivity index (χ3n) is 4.25. The molecule has 22 heavy (non-hydrogen) atoms. The Bertz CT molecular complexity index is 772. The van der Waals surface area contributed by atoms with Crippen LogP contribution in [0.2, 0.25) is 0 Å². The summed E-state index contributed by atoms with van der Waals surface area (Å²) in [7, 11) is 0. The Labute approximate surface area is 140 Å². The highest BCUT2D eigenvalue weighted by atomic mass is 79.9. The zero-order chi connectivity index (χ0) is 15.3. The Kier molecular flexibility index (Phi) is 3.38. The van der Waals surface area contributed by atoms with Gasteiger partial charge in [0.25, 0.3) is 5.91 Å². The number of aromatic hydroxyl groups is 1. The molecule has 1 aromatic carbocycles. The van der Waals surface area contributed by atoms with E-state index in [0.29, 0.717) is 5.56 Å². The molecule has 0 fully saturated rings. The molecule has 1 aliphatic carbocycles. The number of phenolic OH excluding ortho intramolecular Hbond substituents is 1. The monoisotopic (exact) mass is 378 g/mol. The van der Waals surface area contributed by atoms with Crippen molar-refractivity contribution in [1.82, 2.24) is 5.32 Å². The van der Waals surface area contributed by atoms with Crippen molar-refractivity contribution in [2.45, 2.75) is 31.8 Å². The summed E-state index contributed by atoms with van der Waals surface area (Å²) in [4.78, 5) is 13.9. The van der Waals surface area contributed by atoms with Crippen LogP contribution in [0.1, 0.15) is 45.4 Å². The fraction of sp³-hybridized carbons (Fsp3) is 0.312. The number of hydrogen-bond donors (Lipinski definition) is 3. The maximum atomic E-state index is 12.6. The van der Waals surface area contributed by atoms with E-state index in [0.717, 1.165) is 34.3 Å². The van der Waals surface area contributed by atoms with Gasteiger partial charge in [-0.3, -0.25) is 4.79 Å². The number of rotatable bonds is 1. The van der Waals surface area contributed by atoms with Gasteiger partial charge in [0.05, 0.1) is 5.56 Å². The molecule has 1 aromatic heterocycles. The molecule has 0 saturated carbocycles. The fourth-order valence-electron chi connectivity index (χ4n) is 3.19. The van der Waals surface area contributed by atoms with Crippen LogP contribution in [0.3, 0.4) is 0 Å². The normalized spacial score (nSPS) is 19.9. The molecule has 6 heteroatoms. The average Bonchev–Trinajstić information content (AvgIpc) is 2.88. The number of amides is 1. The number of hydrogen-bond acceptors (Lipinski definition) is 4. The molecule has 0 radical (unpaired) electrons. The van der Waals surface area contributed by atoms with E-state index >= 15 is 0 Å². The molecular formula is C16H15BrN2O2S. The molecule has 3 N–H and O–H groups in total. The zero-order valence-corrected chi connectivity index (χ0v) is 14.2. The molecule has 2 heterocycles. The lowest BCUT2D eigenvalue weighted by atomic mass is 9.94. The first-order chi connectivity index (χ1) is 10.6. The van der Waals surface area contributed by atoms with E-state index in [2.05, 4.69) is 26.6 Å². The lowest BCUT2D eigenvalue weighted by Gasteiger charge is -2.27. The predicted octanol–water partition coefficient (Wildman–Crippen LogP) is 3.95. The topological polar surface area (TPSA) is 61.4 Å². The third-order valence-corrected chi connectivity index (χ3v) is 5.97. The molecule has 0 spiro atoms. The van der Waals surface area contributed by atoms with Gasteiger partial charge in [0.15, 0.2) is 0 Å². The Hall–Kier alpha value is -1.53. The predicted molar refractivity (Wildman–Crippen MR) is 90.6 cm³/mol. The number of anilines is 1. The van der Waals surface area contributed by atoms with Crippen molar-refractivity contribution in [2.24, 2.45) is 0 Å². The first kappa shape index (κ1) is 14.1. The van der Waals surface area contributed by atoms with Crippen LogP contribution in [0.4, 0.5) is 5.00 Å². The highest BCUT2D eigenvalue weighted by Crippen LogP contribution is 2.42. The van der Waals surface area contributed by atoms with Crippen LogP contribution < -0.4 is 10.6 Å². The first-order valence-electron chi connectivity index (χ1n) is 7.34. The maximum absolute atomic E-state index is 12.6. The van der Waals surface area contributed by atoms with Crippen LogP contribution in [-0.2, 0) is 12.8 Å².